The van der Waals surface area contributed by atoms with Crippen LogP contribution in [0.5, 0.6) is 0 Å². The van der Waals surface area contributed by atoms with Gasteiger partial charge in [-0.25, -0.2) is 19.7 Å². The number of aryl methyl sites for hydroxylation is 1. The lowest BCUT2D eigenvalue weighted by Crippen LogP contribution is -2.21. The molecule has 8 heteroatoms. The van der Waals surface area contributed by atoms with Crippen molar-refractivity contribution in [1.82, 2.24) is 24.1 Å². The Kier molecular flexibility index (Phi) is 5.49. The van der Waals surface area contributed by atoms with Gasteiger partial charge in [-0.15, -0.1) is 0 Å². The van der Waals surface area contributed by atoms with Gasteiger partial charge in [-0.2, -0.15) is 0 Å². The molecule has 0 bridgehead atoms. The second kappa shape index (κ2) is 8.98. The highest BCUT2D eigenvalue weighted by molar-refractivity contribution is 6.06. The molecule has 6 aromatic rings. The molecule has 0 spiro atoms. The topological polar surface area (TPSA) is 91.9 Å². The molecule has 37 heavy (non-hydrogen) atoms. The summed E-state index contributed by atoms with van der Waals surface area (Å²) in [5.74, 6) is -0.421. The molecule has 0 saturated carbocycles. The van der Waals surface area contributed by atoms with Crippen molar-refractivity contribution in [2.24, 2.45) is 0 Å². The highest BCUT2D eigenvalue weighted by Gasteiger charge is 2.21. The van der Waals surface area contributed by atoms with Gasteiger partial charge < -0.3 is 4.74 Å². The van der Waals surface area contributed by atoms with Crippen LogP contribution in [-0.2, 0) is 11.3 Å². The van der Waals surface area contributed by atoms with Gasteiger partial charge in [-0.1, -0.05) is 48.0 Å². The molecule has 0 N–H and O–H groups in total. The number of benzene rings is 3. The highest BCUT2D eigenvalue weighted by atomic mass is 16.5. The maximum atomic E-state index is 13.8. The first kappa shape index (κ1) is 22.6. The SMILES string of the molecule is CCOC(=O)c1cccc(-n2c3nc4ccccc4nc3c3c(=O)n(Cc4ccc(C)cc4)cnc32)c1. The lowest BCUT2D eigenvalue weighted by Gasteiger charge is -2.09. The number of hydrogen-bond acceptors (Lipinski definition) is 6. The van der Waals surface area contributed by atoms with Gasteiger partial charge in [0.05, 0.1) is 35.4 Å². The van der Waals surface area contributed by atoms with Crippen LogP contribution in [0, 0.1) is 6.92 Å². The molecule has 0 amide bonds. The average Bonchev–Trinajstić information content (AvgIpc) is 3.24. The first-order valence-electron chi connectivity index (χ1n) is 12.0. The Balaban J connectivity index is 1.63. The van der Waals surface area contributed by atoms with E-state index in [1.807, 2.05) is 61.5 Å². The standard InChI is InChI=1S/C29H23N5O3/c1-3-37-29(36)20-7-6-8-21(15-20)34-26-24(25-27(34)32-23-10-5-4-9-22(23)31-25)28(35)33(17-30-26)16-19-13-11-18(2)12-14-19/h4-15,17H,3,16H2,1-2H3. The minimum absolute atomic E-state index is 0.208. The number of hydrogen-bond donors (Lipinski definition) is 0. The second-order valence-corrected chi connectivity index (χ2v) is 8.85. The van der Waals surface area contributed by atoms with E-state index in [0.717, 1.165) is 11.1 Å². The van der Waals surface area contributed by atoms with E-state index in [2.05, 4.69) is 0 Å². The van der Waals surface area contributed by atoms with Crippen LogP contribution in [0.15, 0.2) is 83.9 Å². The summed E-state index contributed by atoms with van der Waals surface area (Å²) in [5.41, 5.74) is 5.74. The molecule has 0 saturated heterocycles. The zero-order valence-electron chi connectivity index (χ0n) is 20.4. The number of fused-ring (bicyclic) bond motifs is 4. The summed E-state index contributed by atoms with van der Waals surface area (Å²) < 4.78 is 8.55. The van der Waals surface area contributed by atoms with Crippen molar-refractivity contribution in [3.8, 4) is 5.69 Å². The quantitative estimate of drug-likeness (QED) is 0.323. The molecule has 0 aliphatic rings. The normalized spacial score (nSPS) is 11.4. The first-order valence-corrected chi connectivity index (χ1v) is 12.0. The molecule has 3 heterocycles. The number of aromatic nitrogens is 5. The molecule has 0 unspecified atom stereocenters. The third-order valence-corrected chi connectivity index (χ3v) is 6.32. The van der Waals surface area contributed by atoms with Crippen LogP contribution in [0.1, 0.15) is 28.4 Å². The molecular weight excluding hydrogens is 466 g/mol. The second-order valence-electron chi connectivity index (χ2n) is 8.85. The maximum absolute atomic E-state index is 13.8. The fourth-order valence-corrected chi connectivity index (χ4v) is 4.51. The van der Waals surface area contributed by atoms with Crippen molar-refractivity contribution in [2.75, 3.05) is 6.61 Å². The third-order valence-electron chi connectivity index (χ3n) is 6.32. The van der Waals surface area contributed by atoms with Crippen molar-refractivity contribution in [3.05, 3.63) is 106 Å². The van der Waals surface area contributed by atoms with Gasteiger partial charge in [0.25, 0.3) is 5.56 Å². The summed E-state index contributed by atoms with van der Waals surface area (Å²) in [6, 6.07) is 22.6. The fourth-order valence-electron chi connectivity index (χ4n) is 4.51. The van der Waals surface area contributed by atoms with E-state index in [1.165, 1.54) is 0 Å². The average molecular weight is 490 g/mol. The Morgan fingerprint density at radius 1 is 0.919 bits per heavy atom. The number of ether oxygens (including phenoxy) is 1. The van der Waals surface area contributed by atoms with E-state index in [4.69, 9.17) is 19.7 Å². The largest absolute Gasteiger partial charge is 0.462 e. The lowest BCUT2D eigenvalue weighted by atomic mass is 10.1. The Bertz CT molecular complexity index is 1870. The van der Waals surface area contributed by atoms with Gasteiger partial charge in [-0.05, 0) is 49.7 Å². The van der Waals surface area contributed by atoms with Gasteiger partial charge in [0.2, 0.25) is 0 Å². The molecule has 0 aliphatic heterocycles. The van der Waals surface area contributed by atoms with E-state index >= 15 is 0 Å². The van der Waals surface area contributed by atoms with E-state index < -0.39 is 5.97 Å². The minimum Gasteiger partial charge on any atom is -0.462 e. The highest BCUT2D eigenvalue weighted by Crippen LogP contribution is 2.28. The number of nitrogens with zero attached hydrogens (tertiary/aromatic N) is 5. The van der Waals surface area contributed by atoms with Crippen molar-refractivity contribution in [1.29, 1.82) is 0 Å². The van der Waals surface area contributed by atoms with Crippen LogP contribution >= 0.6 is 0 Å². The number of carbonyl (C=O) groups is 1. The van der Waals surface area contributed by atoms with Crippen molar-refractivity contribution >= 4 is 39.2 Å². The van der Waals surface area contributed by atoms with Gasteiger partial charge in [0, 0.05) is 0 Å². The number of para-hydroxylation sites is 2. The zero-order valence-corrected chi connectivity index (χ0v) is 20.4. The molecular formula is C29H23N5O3. The van der Waals surface area contributed by atoms with Gasteiger partial charge in [0.1, 0.15) is 17.2 Å². The predicted octanol–water partition coefficient (Wildman–Crippen LogP) is 4.82. The van der Waals surface area contributed by atoms with Crippen molar-refractivity contribution in [2.45, 2.75) is 20.4 Å². The molecule has 0 aliphatic carbocycles. The summed E-state index contributed by atoms with van der Waals surface area (Å²) in [5, 5.41) is 0.379. The number of rotatable bonds is 5. The molecule has 182 valence electrons. The fraction of sp³-hybridized carbons (Fsp3) is 0.138. The molecule has 3 aromatic heterocycles. The van der Waals surface area contributed by atoms with Crippen molar-refractivity contribution in [3.63, 3.8) is 0 Å². The van der Waals surface area contributed by atoms with E-state index in [0.29, 0.717) is 51.0 Å². The van der Waals surface area contributed by atoms with Gasteiger partial charge in [0.15, 0.2) is 11.3 Å². The van der Waals surface area contributed by atoms with Crippen LogP contribution in [-0.4, -0.2) is 36.7 Å². The first-order chi connectivity index (χ1) is 18.0. The molecule has 6 rings (SSSR count). The zero-order chi connectivity index (χ0) is 25.5. The minimum atomic E-state index is -0.421. The van der Waals surface area contributed by atoms with E-state index in [-0.39, 0.29) is 12.2 Å². The molecule has 0 atom stereocenters. The summed E-state index contributed by atoms with van der Waals surface area (Å²) in [6.07, 6.45) is 1.55. The van der Waals surface area contributed by atoms with Crippen molar-refractivity contribution < 1.29 is 9.53 Å². The van der Waals surface area contributed by atoms with Crippen LogP contribution in [0.4, 0.5) is 0 Å². The monoisotopic (exact) mass is 489 g/mol. The van der Waals surface area contributed by atoms with Crippen LogP contribution in [0.2, 0.25) is 0 Å². The Hall–Kier alpha value is -4.85. The van der Waals surface area contributed by atoms with Crippen LogP contribution in [0.25, 0.3) is 38.9 Å². The molecule has 8 nitrogen and oxygen atoms in total. The Labute approximate surface area is 211 Å². The predicted molar refractivity (Wildman–Crippen MR) is 142 cm³/mol. The Morgan fingerprint density at radius 2 is 1.68 bits per heavy atom. The van der Waals surface area contributed by atoms with E-state index in [9.17, 15) is 9.59 Å². The lowest BCUT2D eigenvalue weighted by molar-refractivity contribution is 0.0526. The number of carbonyl (C=O) groups excluding carboxylic acids is 1. The third kappa shape index (κ3) is 3.92. The summed E-state index contributed by atoms with van der Waals surface area (Å²) in [6.45, 7) is 4.45. The van der Waals surface area contributed by atoms with Crippen LogP contribution < -0.4 is 5.56 Å². The van der Waals surface area contributed by atoms with Gasteiger partial charge in [-0.3, -0.25) is 13.9 Å². The molecule has 3 aromatic carbocycles. The molecule has 0 fully saturated rings. The van der Waals surface area contributed by atoms with Gasteiger partial charge >= 0.3 is 5.97 Å². The smallest absolute Gasteiger partial charge is 0.338 e. The van der Waals surface area contributed by atoms with Crippen LogP contribution in [0.3, 0.4) is 0 Å². The summed E-state index contributed by atoms with van der Waals surface area (Å²) in [7, 11) is 0. The molecule has 0 radical (unpaired) electrons. The summed E-state index contributed by atoms with van der Waals surface area (Å²) >= 11 is 0. The Morgan fingerprint density at radius 3 is 2.43 bits per heavy atom. The number of esters is 1. The maximum Gasteiger partial charge on any atom is 0.338 e. The summed E-state index contributed by atoms with van der Waals surface area (Å²) in [4.78, 5) is 40.7. The van der Waals surface area contributed by atoms with E-state index in [1.54, 1.807) is 40.6 Å².